The van der Waals surface area contributed by atoms with Crippen LogP contribution in [-0.4, -0.2) is 4.37 Å². The summed E-state index contributed by atoms with van der Waals surface area (Å²) in [4.78, 5) is 2.28. The Bertz CT molecular complexity index is 940. The van der Waals surface area contributed by atoms with Crippen molar-refractivity contribution in [2.75, 3.05) is 4.90 Å². The van der Waals surface area contributed by atoms with E-state index in [2.05, 4.69) is 57.8 Å². The Hall–Kier alpha value is -2.98. The lowest BCUT2D eigenvalue weighted by molar-refractivity contribution is 0.628. The van der Waals surface area contributed by atoms with Gasteiger partial charge in [-0.25, -0.2) is 4.39 Å². The molecule has 4 heteroatoms. The van der Waals surface area contributed by atoms with Gasteiger partial charge in [0.25, 0.3) is 0 Å². The van der Waals surface area contributed by atoms with E-state index in [-0.39, 0.29) is 5.82 Å². The van der Waals surface area contributed by atoms with Crippen LogP contribution in [0.2, 0.25) is 0 Å². The van der Waals surface area contributed by atoms with E-state index in [9.17, 15) is 4.39 Å². The van der Waals surface area contributed by atoms with E-state index >= 15 is 0 Å². The number of halogens is 1. The lowest BCUT2D eigenvalue weighted by atomic mass is 10.1. The van der Waals surface area contributed by atoms with E-state index in [1.54, 1.807) is 0 Å². The Balaban J connectivity index is 1.70. The number of anilines is 1. The predicted molar refractivity (Wildman–Crippen MR) is 110 cm³/mol. The second-order valence-corrected chi connectivity index (χ2v) is 7.02. The number of aromatic nitrogens is 1. The van der Waals surface area contributed by atoms with E-state index in [0.717, 1.165) is 30.0 Å². The van der Waals surface area contributed by atoms with Crippen LogP contribution in [0.4, 0.5) is 10.2 Å². The highest BCUT2D eigenvalue weighted by molar-refractivity contribution is 7.04. The Morgan fingerprint density at radius 2 is 1.30 bits per heavy atom. The third kappa shape index (κ3) is 4.23. The first-order chi connectivity index (χ1) is 13.3. The molecule has 0 amide bonds. The second-order valence-electron chi connectivity index (χ2n) is 6.39. The van der Waals surface area contributed by atoms with E-state index in [0.29, 0.717) is 0 Å². The number of hydrogen-bond donors (Lipinski definition) is 0. The van der Waals surface area contributed by atoms with Crippen molar-refractivity contribution in [1.82, 2.24) is 4.37 Å². The molecule has 0 saturated carbocycles. The first-order valence-corrected chi connectivity index (χ1v) is 9.66. The minimum Gasteiger partial charge on any atom is -0.347 e. The van der Waals surface area contributed by atoms with Gasteiger partial charge in [-0.15, -0.1) is 0 Å². The third-order valence-electron chi connectivity index (χ3n) is 4.44. The van der Waals surface area contributed by atoms with E-state index in [4.69, 9.17) is 0 Å². The average Bonchev–Trinajstić information content (AvgIpc) is 3.19. The van der Waals surface area contributed by atoms with Gasteiger partial charge in [0, 0.05) is 24.0 Å². The second kappa shape index (κ2) is 8.14. The summed E-state index contributed by atoms with van der Waals surface area (Å²) in [5, 5.41) is 2.03. The van der Waals surface area contributed by atoms with Gasteiger partial charge in [-0.2, -0.15) is 4.37 Å². The number of rotatable bonds is 6. The van der Waals surface area contributed by atoms with E-state index in [1.165, 1.54) is 34.8 Å². The van der Waals surface area contributed by atoms with Crippen LogP contribution in [0.15, 0.2) is 90.3 Å². The van der Waals surface area contributed by atoms with Crippen molar-refractivity contribution in [3.8, 4) is 11.1 Å². The minimum atomic E-state index is -0.228. The van der Waals surface area contributed by atoms with Crippen molar-refractivity contribution in [3.05, 3.63) is 107 Å². The van der Waals surface area contributed by atoms with Gasteiger partial charge in [0.05, 0.1) is 0 Å². The molecule has 4 aromatic rings. The molecule has 0 unspecified atom stereocenters. The molecule has 0 fully saturated rings. The van der Waals surface area contributed by atoms with Gasteiger partial charge >= 0.3 is 0 Å². The van der Waals surface area contributed by atoms with E-state index < -0.39 is 0 Å². The van der Waals surface area contributed by atoms with Crippen LogP contribution in [-0.2, 0) is 13.1 Å². The molecule has 0 atom stereocenters. The SMILES string of the molecule is Fc1ccc(-c2csnc2N(Cc2ccccc2)Cc2ccccc2)cc1. The largest absolute Gasteiger partial charge is 0.347 e. The highest BCUT2D eigenvalue weighted by Crippen LogP contribution is 2.33. The third-order valence-corrected chi connectivity index (χ3v) is 5.06. The zero-order valence-corrected chi connectivity index (χ0v) is 15.6. The maximum atomic E-state index is 13.3. The van der Waals surface area contributed by atoms with Crippen LogP contribution in [0.5, 0.6) is 0 Å². The molecule has 0 aliphatic carbocycles. The molecule has 0 spiro atoms. The van der Waals surface area contributed by atoms with E-state index in [1.807, 2.05) is 29.6 Å². The molecule has 134 valence electrons. The van der Waals surface area contributed by atoms with Crippen molar-refractivity contribution in [2.45, 2.75) is 13.1 Å². The molecule has 0 aliphatic rings. The standard InChI is InChI=1S/C23H19FN2S/c24-21-13-11-20(12-14-21)22-17-27-25-23(22)26(15-18-7-3-1-4-8-18)16-19-9-5-2-6-10-19/h1-14,17H,15-16H2. The van der Waals surface area contributed by atoms with Crippen molar-refractivity contribution in [1.29, 1.82) is 0 Å². The Kier molecular flexibility index (Phi) is 5.26. The monoisotopic (exact) mass is 374 g/mol. The van der Waals surface area contributed by atoms with Crippen LogP contribution < -0.4 is 4.90 Å². The van der Waals surface area contributed by atoms with Crippen molar-refractivity contribution in [3.63, 3.8) is 0 Å². The summed E-state index contributed by atoms with van der Waals surface area (Å²) in [7, 11) is 0. The zero-order valence-electron chi connectivity index (χ0n) is 14.8. The van der Waals surface area contributed by atoms with Gasteiger partial charge in [-0.05, 0) is 40.4 Å². The summed E-state index contributed by atoms with van der Waals surface area (Å²) in [6.45, 7) is 1.52. The van der Waals surface area contributed by atoms with Crippen LogP contribution in [0.25, 0.3) is 11.1 Å². The molecule has 0 saturated heterocycles. The van der Waals surface area contributed by atoms with Gasteiger partial charge in [-0.3, -0.25) is 0 Å². The summed E-state index contributed by atoms with van der Waals surface area (Å²) >= 11 is 1.43. The summed E-state index contributed by atoms with van der Waals surface area (Å²) < 4.78 is 18.0. The van der Waals surface area contributed by atoms with Crippen LogP contribution in [0.1, 0.15) is 11.1 Å². The quantitative estimate of drug-likeness (QED) is 0.402. The molecule has 27 heavy (non-hydrogen) atoms. The lowest BCUT2D eigenvalue weighted by Gasteiger charge is -2.24. The van der Waals surface area contributed by atoms with Crippen LogP contribution in [0.3, 0.4) is 0 Å². The molecular weight excluding hydrogens is 355 g/mol. The fraction of sp³-hybridized carbons (Fsp3) is 0.0870. The molecular formula is C23H19FN2S. The molecule has 1 aromatic heterocycles. The highest BCUT2D eigenvalue weighted by Gasteiger charge is 2.17. The molecule has 0 aliphatic heterocycles. The Labute approximate surface area is 162 Å². The normalized spacial score (nSPS) is 10.7. The molecule has 0 radical (unpaired) electrons. The van der Waals surface area contributed by atoms with Gasteiger partial charge in [-0.1, -0.05) is 72.8 Å². The topological polar surface area (TPSA) is 16.1 Å². The maximum absolute atomic E-state index is 13.3. The molecule has 3 aromatic carbocycles. The van der Waals surface area contributed by atoms with Crippen molar-refractivity contribution in [2.24, 2.45) is 0 Å². The maximum Gasteiger partial charge on any atom is 0.150 e. The van der Waals surface area contributed by atoms with Crippen LogP contribution >= 0.6 is 11.5 Å². The van der Waals surface area contributed by atoms with Gasteiger partial charge in [0.15, 0.2) is 5.82 Å². The summed E-state index contributed by atoms with van der Waals surface area (Å²) in [6.07, 6.45) is 0. The zero-order chi connectivity index (χ0) is 18.5. The predicted octanol–water partition coefficient (Wildman–Crippen LogP) is 6.16. The van der Waals surface area contributed by atoms with Crippen molar-refractivity contribution < 1.29 is 4.39 Å². The first-order valence-electron chi connectivity index (χ1n) is 8.83. The average molecular weight is 374 g/mol. The summed E-state index contributed by atoms with van der Waals surface area (Å²) in [6, 6.07) is 27.4. The molecule has 1 heterocycles. The van der Waals surface area contributed by atoms with Gasteiger partial charge < -0.3 is 4.90 Å². The van der Waals surface area contributed by atoms with Crippen molar-refractivity contribution >= 4 is 17.4 Å². The van der Waals surface area contributed by atoms with Crippen LogP contribution in [0, 0.1) is 5.82 Å². The Morgan fingerprint density at radius 3 is 1.85 bits per heavy atom. The highest BCUT2D eigenvalue weighted by atomic mass is 32.1. The lowest BCUT2D eigenvalue weighted by Crippen LogP contribution is -2.23. The smallest absolute Gasteiger partial charge is 0.150 e. The fourth-order valence-corrected chi connectivity index (χ4v) is 3.81. The summed E-state index contributed by atoms with van der Waals surface area (Å²) in [5.41, 5.74) is 4.47. The minimum absolute atomic E-state index is 0.228. The molecule has 4 rings (SSSR count). The van der Waals surface area contributed by atoms with Gasteiger partial charge in [0.1, 0.15) is 5.82 Å². The number of hydrogen-bond acceptors (Lipinski definition) is 3. The Morgan fingerprint density at radius 1 is 0.741 bits per heavy atom. The number of nitrogens with zero attached hydrogens (tertiary/aromatic N) is 2. The molecule has 0 N–H and O–H groups in total. The molecule has 0 bridgehead atoms. The first kappa shape index (κ1) is 17.4. The molecule has 2 nitrogen and oxygen atoms in total. The fourth-order valence-electron chi connectivity index (χ4n) is 3.10. The number of benzene rings is 3. The van der Waals surface area contributed by atoms with Gasteiger partial charge in [0.2, 0.25) is 0 Å². The summed E-state index contributed by atoms with van der Waals surface area (Å²) in [5.74, 6) is 0.702.